The number of carbonyl (C=O) groups is 8. The maximum absolute atomic E-state index is 13.8. The number of nitrogens with zero attached hydrogens (tertiary/aromatic N) is 5. The van der Waals surface area contributed by atoms with Crippen LogP contribution in [0, 0.1) is 6.92 Å². The van der Waals surface area contributed by atoms with Crippen LogP contribution in [-0.2, 0) is 0 Å². The Balaban J connectivity index is 0.000000164. The summed E-state index contributed by atoms with van der Waals surface area (Å²) in [4.78, 5) is 122. The van der Waals surface area contributed by atoms with Gasteiger partial charge in [-0.2, -0.15) is 22.0 Å². The van der Waals surface area contributed by atoms with Crippen molar-refractivity contribution >= 4 is 235 Å². The van der Waals surface area contributed by atoms with Gasteiger partial charge in [0.25, 0.3) is 29.5 Å². The van der Waals surface area contributed by atoms with Crippen LogP contribution >= 0.6 is 138 Å². The number of halogens is 15. The summed E-state index contributed by atoms with van der Waals surface area (Å²) < 4.78 is 69.6. The molecule has 0 saturated heterocycles. The third kappa shape index (κ3) is 31.2. The standard InChI is InChI=1S/2C24H17BrClN3O2.C21H17BrClN3O2.C15H10BrClF5N3O.C14H13BrClN3O/c25-16-8-13-21(27-14-16)24(31)29-23(28-18-11-9-17(26)10-12-18)22(30)20-7-3-5-15-4-1-2-6-19(15)20;25-18-7-12-21(27-14-18)24(31)29-23(28-20-10-8-19(26)9-11-20)22(30)17-6-5-15-3-1-2-4-16(15)13-17;1-13-3-2-4-14(11-13)19(27)20(25-17-8-6-16(23)7-9-17)26-21(28)18-10-5-15(22)12-24-18;16-8-1-6-11(23-7-8)12(26)25-13(14(18,19)15(20,21)22)24-10-4-2-9(17)3-5-10;1-9(18-12-5-3-11(16)4-6-12)19-14(20)13-7-2-10(15)8-17-13/h2*1-14,23,28H,(H,29,31);2-12,20,25H,1H3,(H,26,28);1-7,13,24H,(H,25,26);2-9,18H,1H3,(H,19,20). The van der Waals surface area contributed by atoms with Gasteiger partial charge in [-0.25, -0.2) is 24.9 Å². The highest BCUT2D eigenvalue weighted by molar-refractivity contribution is 9.11. The second-order valence-corrected chi connectivity index (χ2v) is 35.8. The Hall–Kier alpha value is -12.7. The van der Waals surface area contributed by atoms with Gasteiger partial charge in [-0.05, 0) is 309 Å². The van der Waals surface area contributed by atoms with Crippen molar-refractivity contribution in [2.75, 3.05) is 26.6 Å². The minimum absolute atomic E-state index is 0.0904. The highest BCUT2D eigenvalue weighted by Crippen LogP contribution is 2.39. The van der Waals surface area contributed by atoms with E-state index in [1.54, 1.807) is 175 Å². The lowest BCUT2D eigenvalue weighted by molar-refractivity contribution is -0.289. The summed E-state index contributed by atoms with van der Waals surface area (Å²) >= 11 is 45.6. The molecule has 23 nitrogen and oxygen atoms in total. The Morgan fingerprint density at radius 3 is 0.971 bits per heavy atom. The molecule has 136 heavy (non-hydrogen) atoms. The van der Waals surface area contributed by atoms with Crippen LogP contribution in [0.5, 0.6) is 0 Å². The summed E-state index contributed by atoms with van der Waals surface area (Å²) in [5, 5.41) is 33.5. The zero-order valence-electron chi connectivity index (χ0n) is 70.7. The van der Waals surface area contributed by atoms with Crippen LogP contribution in [0.25, 0.3) is 21.5 Å². The number of aryl methyl sites for hydroxylation is 1. The van der Waals surface area contributed by atoms with Crippen LogP contribution < -0.4 is 53.2 Å². The summed E-state index contributed by atoms with van der Waals surface area (Å²) in [6.07, 6.45) is -4.48. The molecule has 15 rings (SSSR count). The fraction of sp³-hybridized carbons (Fsp3) is 0.0918. The van der Waals surface area contributed by atoms with Crippen molar-refractivity contribution in [1.82, 2.24) is 51.5 Å². The zero-order chi connectivity index (χ0) is 97.8. The first kappa shape index (κ1) is 104. The summed E-state index contributed by atoms with van der Waals surface area (Å²) in [6.45, 7) is 3.76. The normalized spacial score (nSPS) is 11.9. The van der Waals surface area contributed by atoms with E-state index in [0.717, 1.165) is 50.7 Å². The number of hydrogen-bond donors (Lipinski definition) is 10. The Kier molecular flexibility index (Phi) is 37.9. The fourth-order valence-corrected chi connectivity index (χ4v) is 14.1. The molecule has 5 aromatic heterocycles. The van der Waals surface area contributed by atoms with Gasteiger partial charge in [-0.15, -0.1) is 0 Å². The second-order valence-electron chi connectivity index (χ2n) is 29.1. The van der Waals surface area contributed by atoms with Crippen molar-refractivity contribution in [3.63, 3.8) is 0 Å². The lowest BCUT2D eigenvalue weighted by Crippen LogP contribution is -2.59. The largest absolute Gasteiger partial charge is 0.457 e. The van der Waals surface area contributed by atoms with Gasteiger partial charge in [0.2, 0.25) is 17.3 Å². The van der Waals surface area contributed by atoms with Gasteiger partial charge < -0.3 is 53.2 Å². The van der Waals surface area contributed by atoms with E-state index in [-0.39, 0.29) is 62.9 Å². The molecule has 694 valence electrons. The second kappa shape index (κ2) is 49.7. The minimum Gasteiger partial charge on any atom is -0.366 e. The maximum atomic E-state index is 13.8. The third-order valence-corrected chi connectivity index (χ3v) is 22.6. The maximum Gasteiger partial charge on any atom is 0.457 e. The molecular formula is C98H74Br5Cl5F5N15O8. The molecule has 0 saturated carbocycles. The first-order valence-electron chi connectivity index (χ1n) is 40.3. The Morgan fingerprint density at radius 2 is 0.610 bits per heavy atom. The monoisotopic (exact) mass is 2250 g/mol. The Morgan fingerprint density at radius 1 is 0.301 bits per heavy atom. The molecule has 10 aromatic carbocycles. The van der Waals surface area contributed by atoms with Gasteiger partial charge in [0.15, 0.2) is 24.7 Å². The number of alkyl halides is 5. The first-order valence-corrected chi connectivity index (χ1v) is 46.2. The van der Waals surface area contributed by atoms with E-state index < -0.39 is 60.4 Å². The van der Waals surface area contributed by atoms with E-state index in [4.69, 9.17) is 58.0 Å². The molecule has 38 heteroatoms. The average molecular weight is 2260 g/mol. The van der Waals surface area contributed by atoms with Crippen molar-refractivity contribution in [1.29, 1.82) is 0 Å². The van der Waals surface area contributed by atoms with Crippen LogP contribution in [0.1, 0.15) is 96.0 Å². The third-order valence-electron chi connectivity index (χ3n) is 19.0. The van der Waals surface area contributed by atoms with Gasteiger partial charge in [-0.3, -0.25) is 38.4 Å². The Labute approximate surface area is 842 Å². The number of amides is 5. The van der Waals surface area contributed by atoms with Crippen molar-refractivity contribution in [2.45, 2.75) is 56.8 Å². The van der Waals surface area contributed by atoms with E-state index >= 15 is 0 Å². The van der Waals surface area contributed by atoms with Gasteiger partial charge in [0.05, 0.1) is 6.17 Å². The molecule has 0 aliphatic carbocycles. The lowest BCUT2D eigenvalue weighted by atomic mass is 10.00. The molecule has 0 spiro atoms. The highest BCUT2D eigenvalue weighted by atomic mass is 79.9. The number of carbonyl (C=O) groups excluding carboxylic acids is 8. The van der Waals surface area contributed by atoms with Gasteiger partial charge in [0.1, 0.15) is 28.5 Å². The quantitative estimate of drug-likeness (QED) is 0.0130. The number of nitrogens with one attached hydrogen (secondary N) is 10. The van der Waals surface area contributed by atoms with E-state index in [9.17, 15) is 60.3 Å². The molecule has 5 unspecified atom stereocenters. The predicted octanol–water partition coefficient (Wildman–Crippen LogP) is 24.8. The van der Waals surface area contributed by atoms with Gasteiger partial charge >= 0.3 is 12.1 Å². The number of hydrogen-bond acceptors (Lipinski definition) is 18. The van der Waals surface area contributed by atoms with Gasteiger partial charge in [-0.1, -0.05) is 161 Å². The number of Topliss-reactive ketones (excluding diaryl/α,β-unsaturated/α-hetero) is 3. The van der Waals surface area contributed by atoms with Crippen molar-refractivity contribution in [3.05, 3.63) is 420 Å². The van der Waals surface area contributed by atoms with E-state index in [0.29, 0.717) is 64.0 Å². The molecule has 15 aromatic rings. The number of pyridine rings is 5. The number of ketones is 3. The molecule has 0 bridgehead atoms. The molecule has 10 N–H and O–H groups in total. The number of anilines is 5. The van der Waals surface area contributed by atoms with Crippen LogP contribution in [0.15, 0.2) is 345 Å². The summed E-state index contributed by atoms with van der Waals surface area (Å²) in [6, 6.07) is 82.5. The van der Waals surface area contributed by atoms with Crippen LogP contribution in [0.2, 0.25) is 25.1 Å². The lowest BCUT2D eigenvalue weighted by Gasteiger charge is -2.30. The van der Waals surface area contributed by atoms with Crippen molar-refractivity contribution in [2.24, 2.45) is 0 Å². The highest BCUT2D eigenvalue weighted by Gasteiger charge is 2.63. The first-order chi connectivity index (χ1) is 65.0. The molecule has 0 radical (unpaired) electrons. The van der Waals surface area contributed by atoms with E-state index in [2.05, 4.69) is 147 Å². The molecule has 5 amide bonds. The van der Waals surface area contributed by atoms with Crippen molar-refractivity contribution < 1.29 is 60.3 Å². The van der Waals surface area contributed by atoms with E-state index in [1.807, 2.05) is 110 Å². The SMILES string of the molecule is CC(NC(=O)c1ccc(Br)cn1)Nc1ccc(Cl)cc1.Cc1cccc(C(=O)C(NC(=O)c2ccc(Br)cn2)Nc2ccc(Cl)cc2)c1.O=C(NC(Nc1ccc(Cl)cc1)C(=O)c1ccc2ccccc2c1)c1ccc(Br)cn1.O=C(NC(Nc1ccc(Cl)cc1)C(=O)c1cccc2ccccc12)c1ccc(Br)cn1.O=C(NC(Nc1ccc(Cl)cc1)C(F)(F)C(F)(F)F)c1ccc(Br)cn1. The van der Waals surface area contributed by atoms with Gasteiger partial charge in [0, 0.05) is 124 Å². The average Bonchev–Trinajstić information content (AvgIpc) is 0.792. The number of aromatic nitrogens is 5. The zero-order valence-corrected chi connectivity index (χ0v) is 82.4. The number of fused-ring (bicyclic) bond motifs is 2. The molecule has 5 heterocycles. The smallest absolute Gasteiger partial charge is 0.366 e. The molecule has 0 aliphatic rings. The van der Waals surface area contributed by atoms with Crippen LogP contribution in [0.3, 0.4) is 0 Å². The summed E-state index contributed by atoms with van der Waals surface area (Å²) in [5.74, 6) is -8.87. The molecule has 0 fully saturated rings. The Bertz CT molecular complexity index is 6670. The fourth-order valence-electron chi connectivity index (χ4n) is 12.3. The minimum atomic E-state index is -5.89. The van der Waals surface area contributed by atoms with Crippen LogP contribution in [0.4, 0.5) is 50.4 Å². The summed E-state index contributed by atoms with van der Waals surface area (Å²) in [7, 11) is 0. The molecular weight excluding hydrogens is 2190 g/mol. The molecule has 5 atom stereocenters. The van der Waals surface area contributed by atoms with Crippen molar-refractivity contribution in [3.8, 4) is 0 Å². The van der Waals surface area contributed by atoms with E-state index in [1.165, 1.54) is 61.2 Å². The number of benzene rings is 10. The number of rotatable bonds is 27. The topological polar surface area (TPSA) is 321 Å². The summed E-state index contributed by atoms with van der Waals surface area (Å²) in [5.41, 5.74) is 5.84. The van der Waals surface area contributed by atoms with Crippen LogP contribution in [-0.4, -0.2) is 115 Å². The predicted molar refractivity (Wildman–Crippen MR) is 540 cm³/mol. The molecule has 0 aliphatic heterocycles.